The minimum atomic E-state index is -0.224. The third-order valence-corrected chi connectivity index (χ3v) is 4.42. The molecular weight excluding hydrogens is 326 g/mol. The molecule has 0 unspecified atom stereocenters. The molecule has 1 atom stereocenters. The van der Waals surface area contributed by atoms with Crippen molar-refractivity contribution in [2.75, 3.05) is 18.0 Å². The highest BCUT2D eigenvalue weighted by Crippen LogP contribution is 2.28. The monoisotopic (exact) mass is 343 g/mol. The number of aromatic nitrogens is 1. The summed E-state index contributed by atoms with van der Waals surface area (Å²) in [6, 6.07) is 12.4. The molecule has 1 fully saturated rings. The number of hydrogen-bond donors (Lipinski definition) is 0. The first kappa shape index (κ1) is 16.5. The van der Waals surface area contributed by atoms with E-state index in [2.05, 4.69) is 4.98 Å². The summed E-state index contributed by atoms with van der Waals surface area (Å²) in [5, 5.41) is 0.526. The number of amides is 2. The van der Waals surface area contributed by atoms with E-state index in [0.29, 0.717) is 22.9 Å². The van der Waals surface area contributed by atoms with Gasteiger partial charge in [-0.3, -0.25) is 9.59 Å². The Bertz CT molecular complexity index is 793. The molecule has 3 rings (SSSR count). The molecule has 0 radical (unpaired) electrons. The van der Waals surface area contributed by atoms with Crippen LogP contribution in [0.1, 0.15) is 23.1 Å². The van der Waals surface area contributed by atoms with E-state index in [1.54, 1.807) is 28.0 Å². The average molecular weight is 344 g/mol. The van der Waals surface area contributed by atoms with E-state index in [9.17, 15) is 9.59 Å². The van der Waals surface area contributed by atoms with Crippen LogP contribution in [0.3, 0.4) is 0 Å². The topological polar surface area (TPSA) is 53.5 Å². The maximum Gasteiger partial charge on any atom is 0.273 e. The molecule has 24 heavy (non-hydrogen) atoms. The summed E-state index contributed by atoms with van der Waals surface area (Å²) in [4.78, 5) is 32.7. The van der Waals surface area contributed by atoms with Gasteiger partial charge in [0.25, 0.3) is 5.91 Å². The number of piperazine rings is 1. The Morgan fingerprint density at radius 3 is 2.67 bits per heavy atom. The van der Waals surface area contributed by atoms with Gasteiger partial charge < -0.3 is 9.80 Å². The van der Waals surface area contributed by atoms with Gasteiger partial charge in [0, 0.05) is 18.3 Å². The zero-order valence-corrected chi connectivity index (χ0v) is 14.3. The van der Waals surface area contributed by atoms with Crippen LogP contribution >= 0.6 is 11.6 Å². The second kappa shape index (κ2) is 6.61. The van der Waals surface area contributed by atoms with Crippen molar-refractivity contribution in [3.63, 3.8) is 0 Å². The number of rotatable bonds is 2. The maximum absolute atomic E-state index is 12.7. The van der Waals surface area contributed by atoms with Crippen molar-refractivity contribution in [2.45, 2.75) is 19.9 Å². The van der Waals surface area contributed by atoms with E-state index in [1.165, 1.54) is 0 Å². The molecule has 5 nitrogen and oxygen atoms in total. The molecule has 1 saturated heterocycles. The minimum Gasteiger partial charge on any atom is -0.323 e. The fraction of sp³-hybridized carbons (Fsp3) is 0.278. The second-order valence-electron chi connectivity index (χ2n) is 5.90. The Hall–Kier alpha value is -2.40. The van der Waals surface area contributed by atoms with Crippen LogP contribution in [0.5, 0.6) is 0 Å². The van der Waals surface area contributed by atoms with Gasteiger partial charge in [0.2, 0.25) is 5.91 Å². The number of hydrogen-bond acceptors (Lipinski definition) is 3. The van der Waals surface area contributed by atoms with Crippen molar-refractivity contribution < 1.29 is 9.59 Å². The van der Waals surface area contributed by atoms with Crippen LogP contribution in [-0.4, -0.2) is 40.8 Å². The Morgan fingerprint density at radius 1 is 1.21 bits per heavy atom. The molecule has 1 aromatic carbocycles. The molecular formula is C18H18ClN3O2. The predicted molar refractivity (Wildman–Crippen MR) is 93.3 cm³/mol. The summed E-state index contributed by atoms with van der Waals surface area (Å²) >= 11 is 6.20. The van der Waals surface area contributed by atoms with Gasteiger partial charge in [0.05, 0.1) is 10.7 Å². The largest absolute Gasteiger partial charge is 0.323 e. The summed E-state index contributed by atoms with van der Waals surface area (Å²) in [6.45, 7) is 4.17. The van der Waals surface area contributed by atoms with Gasteiger partial charge in [-0.15, -0.1) is 0 Å². The van der Waals surface area contributed by atoms with Crippen molar-refractivity contribution in [1.29, 1.82) is 0 Å². The van der Waals surface area contributed by atoms with E-state index in [0.717, 1.165) is 5.69 Å². The molecule has 1 aliphatic heterocycles. The molecule has 2 amide bonds. The van der Waals surface area contributed by atoms with Gasteiger partial charge in [-0.2, -0.15) is 0 Å². The number of benzene rings is 1. The van der Waals surface area contributed by atoms with Crippen molar-refractivity contribution in [3.8, 4) is 0 Å². The number of para-hydroxylation sites is 1. The molecule has 6 heteroatoms. The van der Waals surface area contributed by atoms with Crippen LogP contribution in [-0.2, 0) is 4.79 Å². The summed E-state index contributed by atoms with van der Waals surface area (Å²) in [7, 11) is 0. The summed E-state index contributed by atoms with van der Waals surface area (Å²) in [6.07, 6.45) is 0. The van der Waals surface area contributed by atoms with Crippen LogP contribution in [0.2, 0.25) is 5.02 Å². The molecule has 0 N–H and O–H groups in total. The quantitative estimate of drug-likeness (QED) is 0.842. The molecule has 124 valence electrons. The zero-order chi connectivity index (χ0) is 17.3. The second-order valence-corrected chi connectivity index (χ2v) is 6.31. The number of anilines is 1. The number of nitrogens with zero attached hydrogens (tertiary/aromatic N) is 3. The Kier molecular flexibility index (Phi) is 4.53. The highest BCUT2D eigenvalue weighted by atomic mass is 35.5. The molecule has 0 aliphatic carbocycles. The van der Waals surface area contributed by atoms with Gasteiger partial charge in [-0.1, -0.05) is 29.8 Å². The van der Waals surface area contributed by atoms with Gasteiger partial charge in [0.1, 0.15) is 12.2 Å². The Labute approximate surface area is 145 Å². The number of carbonyl (C=O) groups is 2. The summed E-state index contributed by atoms with van der Waals surface area (Å²) < 4.78 is 0. The molecule has 2 aromatic rings. The average Bonchev–Trinajstić information content (AvgIpc) is 2.56. The lowest BCUT2D eigenvalue weighted by molar-refractivity contribution is -0.121. The summed E-state index contributed by atoms with van der Waals surface area (Å²) in [5.41, 5.74) is 1.81. The number of aryl methyl sites for hydroxylation is 1. The third kappa shape index (κ3) is 3.12. The van der Waals surface area contributed by atoms with Gasteiger partial charge in [-0.25, -0.2) is 4.98 Å². The zero-order valence-electron chi connectivity index (χ0n) is 13.6. The summed E-state index contributed by atoms with van der Waals surface area (Å²) in [5.74, 6) is -0.374. The van der Waals surface area contributed by atoms with E-state index in [-0.39, 0.29) is 24.4 Å². The van der Waals surface area contributed by atoms with E-state index < -0.39 is 0 Å². The smallest absolute Gasteiger partial charge is 0.273 e. The van der Waals surface area contributed by atoms with Crippen molar-refractivity contribution in [1.82, 2.24) is 9.88 Å². The molecule has 1 aliphatic rings. The predicted octanol–water partition coefficient (Wildman–Crippen LogP) is 2.92. The SMILES string of the molecule is Cc1cccc(C(=O)N2CC(=O)N(c3ccccc3Cl)C[C@@H]2C)n1. The van der Waals surface area contributed by atoms with Crippen LogP contribution in [0.4, 0.5) is 5.69 Å². The highest BCUT2D eigenvalue weighted by Gasteiger charge is 2.34. The van der Waals surface area contributed by atoms with Crippen molar-refractivity contribution in [3.05, 3.63) is 58.9 Å². The lowest BCUT2D eigenvalue weighted by Crippen LogP contribution is -2.57. The third-order valence-electron chi connectivity index (χ3n) is 4.10. The lowest BCUT2D eigenvalue weighted by atomic mass is 10.1. The standard InChI is InChI=1S/C18H18ClN3O2/c1-12-6-5-8-15(20-12)18(24)21-11-17(23)22(10-13(21)2)16-9-4-3-7-14(16)19/h3-9,13H,10-11H2,1-2H3/t13-/m0/s1. The number of pyridine rings is 1. The highest BCUT2D eigenvalue weighted by molar-refractivity contribution is 6.33. The van der Waals surface area contributed by atoms with Crippen molar-refractivity contribution >= 4 is 29.1 Å². The first-order valence-corrected chi connectivity index (χ1v) is 8.14. The number of halogens is 1. The Balaban J connectivity index is 1.82. The van der Waals surface area contributed by atoms with E-state index in [1.807, 2.05) is 38.1 Å². The van der Waals surface area contributed by atoms with Crippen LogP contribution in [0.25, 0.3) is 0 Å². The molecule has 0 bridgehead atoms. The van der Waals surface area contributed by atoms with E-state index in [4.69, 9.17) is 11.6 Å². The number of carbonyl (C=O) groups excluding carboxylic acids is 2. The maximum atomic E-state index is 12.7. The van der Waals surface area contributed by atoms with E-state index >= 15 is 0 Å². The first-order chi connectivity index (χ1) is 11.5. The molecule has 0 spiro atoms. The molecule has 2 heterocycles. The normalized spacial score (nSPS) is 18.0. The first-order valence-electron chi connectivity index (χ1n) is 7.77. The van der Waals surface area contributed by atoms with Gasteiger partial charge in [-0.05, 0) is 38.1 Å². The lowest BCUT2D eigenvalue weighted by Gasteiger charge is -2.39. The molecule has 0 saturated carbocycles. The van der Waals surface area contributed by atoms with Gasteiger partial charge >= 0.3 is 0 Å². The molecule has 1 aromatic heterocycles. The van der Waals surface area contributed by atoms with Gasteiger partial charge in [0.15, 0.2) is 0 Å². The van der Waals surface area contributed by atoms with Crippen LogP contribution in [0.15, 0.2) is 42.5 Å². The van der Waals surface area contributed by atoms with Crippen LogP contribution in [0, 0.1) is 6.92 Å². The minimum absolute atomic E-state index is 0.0147. The fourth-order valence-electron chi connectivity index (χ4n) is 2.84. The Morgan fingerprint density at radius 2 is 1.96 bits per heavy atom. The van der Waals surface area contributed by atoms with Crippen molar-refractivity contribution in [2.24, 2.45) is 0 Å². The fourth-order valence-corrected chi connectivity index (χ4v) is 3.07. The van der Waals surface area contributed by atoms with Crippen LogP contribution < -0.4 is 4.90 Å².